The molecule has 15 heavy (non-hydrogen) atoms. The van der Waals surface area contributed by atoms with Crippen LogP contribution < -0.4 is 0 Å². The van der Waals surface area contributed by atoms with Crippen LogP contribution in [0.2, 0.25) is 5.02 Å². The normalized spacial score (nSPS) is 17.3. The van der Waals surface area contributed by atoms with Gasteiger partial charge in [-0.15, -0.1) is 11.8 Å². The zero-order valence-electron chi connectivity index (χ0n) is 7.81. The van der Waals surface area contributed by atoms with Gasteiger partial charge in [0.1, 0.15) is 0 Å². The molecule has 0 saturated carbocycles. The summed E-state index contributed by atoms with van der Waals surface area (Å²) in [6.07, 6.45) is 3.35. The van der Waals surface area contributed by atoms with Crippen LogP contribution >= 0.6 is 23.4 Å². The highest BCUT2D eigenvalue weighted by atomic mass is 35.5. The maximum Gasteiger partial charge on any atom is 0.188 e. The molecule has 0 aromatic heterocycles. The molecule has 2 rings (SSSR count). The van der Waals surface area contributed by atoms with E-state index in [0.717, 1.165) is 10.8 Å². The first-order valence-corrected chi connectivity index (χ1v) is 5.79. The van der Waals surface area contributed by atoms with Gasteiger partial charge in [0, 0.05) is 28.6 Å². The Morgan fingerprint density at radius 3 is 2.73 bits per heavy atom. The second-order valence-corrected chi connectivity index (χ2v) is 4.45. The Hall–Kier alpha value is -1.06. The molecule has 0 unspecified atom stereocenters. The number of rotatable bonds is 2. The second-order valence-electron chi connectivity index (χ2n) is 2.98. The summed E-state index contributed by atoms with van der Waals surface area (Å²) in [6, 6.07) is 6.84. The Balaban J connectivity index is 2.17. The van der Waals surface area contributed by atoms with Crippen molar-refractivity contribution in [3.05, 3.63) is 46.0 Å². The molecule has 0 N–H and O–H groups in total. The summed E-state index contributed by atoms with van der Waals surface area (Å²) in [7, 11) is 0. The molecule has 1 aromatic carbocycles. The van der Waals surface area contributed by atoms with E-state index in [-0.39, 0.29) is 5.78 Å². The van der Waals surface area contributed by atoms with Gasteiger partial charge in [0.25, 0.3) is 0 Å². The minimum atomic E-state index is -0.0341. The molecule has 2 nitrogen and oxygen atoms in total. The molecule has 76 valence electrons. The number of carbonyl (C=O) groups is 1. The third-order valence-electron chi connectivity index (χ3n) is 1.91. The predicted molar refractivity (Wildman–Crippen MR) is 64.8 cm³/mol. The highest BCUT2D eigenvalue weighted by molar-refractivity contribution is 8.04. The molecule has 0 spiro atoms. The topological polar surface area (TPSA) is 29.4 Å². The van der Waals surface area contributed by atoms with E-state index in [1.165, 1.54) is 0 Å². The molecule has 0 aliphatic carbocycles. The van der Waals surface area contributed by atoms with Crippen LogP contribution in [-0.2, 0) is 0 Å². The SMILES string of the molecule is O=C(/C=C1/N=CCS1)c1ccc(Cl)cc1. The smallest absolute Gasteiger partial charge is 0.188 e. The van der Waals surface area contributed by atoms with Gasteiger partial charge in [0.05, 0.1) is 5.03 Å². The minimum Gasteiger partial charge on any atom is -0.289 e. The molecule has 1 heterocycles. The fraction of sp³-hybridized carbons (Fsp3) is 0.0909. The van der Waals surface area contributed by atoms with Crippen molar-refractivity contribution < 1.29 is 4.79 Å². The molecule has 0 fully saturated rings. The fourth-order valence-corrected chi connectivity index (χ4v) is 1.96. The highest BCUT2D eigenvalue weighted by Gasteiger charge is 2.07. The van der Waals surface area contributed by atoms with Crippen molar-refractivity contribution in [2.45, 2.75) is 0 Å². The van der Waals surface area contributed by atoms with Gasteiger partial charge in [-0.1, -0.05) is 11.6 Å². The van der Waals surface area contributed by atoms with Gasteiger partial charge >= 0.3 is 0 Å². The van der Waals surface area contributed by atoms with Crippen molar-refractivity contribution in [2.24, 2.45) is 4.99 Å². The molecular weight excluding hydrogens is 230 g/mol. The Bertz CT molecular complexity index is 436. The van der Waals surface area contributed by atoms with E-state index in [4.69, 9.17) is 11.6 Å². The first-order valence-electron chi connectivity index (χ1n) is 4.42. The molecule has 0 saturated heterocycles. The van der Waals surface area contributed by atoms with Crippen molar-refractivity contribution in [3.63, 3.8) is 0 Å². The number of hydrogen-bond donors (Lipinski definition) is 0. The number of ketones is 1. The predicted octanol–water partition coefficient (Wildman–Crippen LogP) is 3.18. The Labute approximate surface area is 97.0 Å². The largest absolute Gasteiger partial charge is 0.289 e. The van der Waals surface area contributed by atoms with Gasteiger partial charge in [-0.05, 0) is 24.3 Å². The zero-order valence-corrected chi connectivity index (χ0v) is 9.39. The Morgan fingerprint density at radius 1 is 1.40 bits per heavy atom. The maximum absolute atomic E-state index is 11.7. The van der Waals surface area contributed by atoms with E-state index in [1.807, 2.05) is 0 Å². The molecule has 1 aliphatic heterocycles. The molecule has 0 radical (unpaired) electrons. The molecule has 0 bridgehead atoms. The molecule has 4 heteroatoms. The first kappa shape index (κ1) is 10.5. The van der Waals surface area contributed by atoms with Crippen LogP contribution in [0.5, 0.6) is 0 Å². The van der Waals surface area contributed by atoms with Crippen LogP contribution in [0.4, 0.5) is 0 Å². The van der Waals surface area contributed by atoms with Crippen LogP contribution in [-0.4, -0.2) is 17.8 Å². The maximum atomic E-state index is 11.7. The van der Waals surface area contributed by atoms with Crippen LogP contribution in [0.3, 0.4) is 0 Å². The summed E-state index contributed by atoms with van der Waals surface area (Å²) in [5, 5.41) is 1.41. The van der Waals surface area contributed by atoms with Gasteiger partial charge in [-0.3, -0.25) is 9.79 Å². The average Bonchev–Trinajstić information content (AvgIpc) is 2.71. The number of aliphatic imine (C=N–C) groups is 1. The summed E-state index contributed by atoms with van der Waals surface area (Å²) in [6.45, 7) is 0. The molecule has 1 aromatic rings. The van der Waals surface area contributed by atoms with Crippen LogP contribution in [0.25, 0.3) is 0 Å². The Kier molecular flexibility index (Phi) is 3.23. The number of carbonyl (C=O) groups excluding carboxylic acids is 1. The van der Waals surface area contributed by atoms with Gasteiger partial charge in [-0.2, -0.15) is 0 Å². The lowest BCUT2D eigenvalue weighted by Crippen LogP contribution is -1.94. The third kappa shape index (κ3) is 2.70. The molecule has 0 atom stereocenters. The monoisotopic (exact) mass is 237 g/mol. The van der Waals surface area contributed by atoms with Crippen LogP contribution in [0, 0.1) is 0 Å². The van der Waals surface area contributed by atoms with Crippen molar-refractivity contribution in [2.75, 3.05) is 5.75 Å². The van der Waals surface area contributed by atoms with Gasteiger partial charge in [0.2, 0.25) is 0 Å². The summed E-state index contributed by atoms with van der Waals surface area (Å²) in [4.78, 5) is 15.8. The lowest BCUT2D eigenvalue weighted by Gasteiger charge is -1.96. The average molecular weight is 238 g/mol. The van der Waals surface area contributed by atoms with Crippen molar-refractivity contribution in [3.8, 4) is 0 Å². The van der Waals surface area contributed by atoms with E-state index in [9.17, 15) is 4.79 Å². The van der Waals surface area contributed by atoms with Crippen LogP contribution in [0.15, 0.2) is 40.4 Å². The number of hydrogen-bond acceptors (Lipinski definition) is 3. The summed E-state index contributed by atoms with van der Waals surface area (Å²) in [5.74, 6) is 0.813. The second kappa shape index (κ2) is 4.64. The van der Waals surface area contributed by atoms with Crippen LogP contribution in [0.1, 0.15) is 10.4 Å². The minimum absolute atomic E-state index is 0.0341. The molecule has 0 amide bonds. The number of allylic oxidation sites excluding steroid dienone is 1. The van der Waals surface area contributed by atoms with Gasteiger partial charge in [0.15, 0.2) is 5.78 Å². The molecule has 1 aliphatic rings. The summed E-state index contributed by atoms with van der Waals surface area (Å²) >= 11 is 7.29. The zero-order chi connectivity index (χ0) is 10.7. The molecular formula is C11H8ClNOS. The van der Waals surface area contributed by atoms with Gasteiger partial charge < -0.3 is 0 Å². The van der Waals surface area contributed by atoms with E-state index >= 15 is 0 Å². The van der Waals surface area contributed by atoms with E-state index in [0.29, 0.717) is 10.6 Å². The number of thioether (sulfide) groups is 1. The Morgan fingerprint density at radius 2 is 2.13 bits per heavy atom. The number of halogens is 1. The lowest BCUT2D eigenvalue weighted by molar-refractivity contribution is 0.104. The third-order valence-corrected chi connectivity index (χ3v) is 2.99. The van der Waals surface area contributed by atoms with Crippen molar-refractivity contribution in [1.82, 2.24) is 0 Å². The van der Waals surface area contributed by atoms with Crippen molar-refractivity contribution in [1.29, 1.82) is 0 Å². The van der Waals surface area contributed by atoms with E-state index in [1.54, 1.807) is 48.3 Å². The standard InChI is InChI=1S/C11H8ClNOS/c12-9-3-1-8(2-4-9)10(14)7-11-13-5-6-15-11/h1-5,7H,6H2/b11-7-. The summed E-state index contributed by atoms with van der Waals surface area (Å²) in [5.41, 5.74) is 0.634. The number of benzene rings is 1. The fourth-order valence-electron chi connectivity index (χ4n) is 1.18. The van der Waals surface area contributed by atoms with E-state index in [2.05, 4.69) is 4.99 Å². The summed E-state index contributed by atoms with van der Waals surface area (Å²) < 4.78 is 0. The van der Waals surface area contributed by atoms with Gasteiger partial charge in [-0.25, -0.2) is 0 Å². The number of nitrogens with zero attached hydrogens (tertiary/aromatic N) is 1. The lowest BCUT2D eigenvalue weighted by atomic mass is 10.1. The first-order chi connectivity index (χ1) is 7.25. The highest BCUT2D eigenvalue weighted by Crippen LogP contribution is 2.21. The quantitative estimate of drug-likeness (QED) is 0.584. The van der Waals surface area contributed by atoms with E-state index < -0.39 is 0 Å². The van der Waals surface area contributed by atoms with Crippen molar-refractivity contribution >= 4 is 35.4 Å².